The first-order valence-corrected chi connectivity index (χ1v) is 6.40. The van der Waals surface area contributed by atoms with Gasteiger partial charge in [-0.25, -0.2) is 0 Å². The Bertz CT molecular complexity index is 440. The summed E-state index contributed by atoms with van der Waals surface area (Å²) < 4.78 is 6.53. The van der Waals surface area contributed by atoms with E-state index in [9.17, 15) is 0 Å². The molecule has 1 aliphatic heterocycles. The van der Waals surface area contributed by atoms with Gasteiger partial charge >= 0.3 is 0 Å². The Morgan fingerprint density at radius 2 is 1.83 bits per heavy atom. The Labute approximate surface area is 110 Å². The average Bonchev–Trinajstić information content (AvgIpc) is 2.28. The maximum atomic E-state index is 5.65. The van der Waals surface area contributed by atoms with E-state index in [0.29, 0.717) is 12.6 Å². The van der Waals surface area contributed by atoms with Crippen molar-refractivity contribution in [2.24, 2.45) is 0 Å². The van der Waals surface area contributed by atoms with Crippen LogP contribution < -0.4 is 0 Å². The van der Waals surface area contributed by atoms with Gasteiger partial charge in [-0.3, -0.25) is 0 Å². The van der Waals surface area contributed by atoms with E-state index in [-0.39, 0.29) is 0 Å². The summed E-state index contributed by atoms with van der Waals surface area (Å²) in [5, 5.41) is 0. The maximum absolute atomic E-state index is 5.65. The molecule has 0 amide bonds. The van der Waals surface area contributed by atoms with E-state index in [4.69, 9.17) is 4.74 Å². The van der Waals surface area contributed by atoms with E-state index >= 15 is 0 Å². The summed E-state index contributed by atoms with van der Waals surface area (Å²) in [6.07, 6.45) is 6.58. The molecule has 0 bridgehead atoms. The van der Waals surface area contributed by atoms with Crippen LogP contribution in [0, 0.1) is 0 Å². The van der Waals surface area contributed by atoms with Gasteiger partial charge in [-0.05, 0) is 17.2 Å². The zero-order valence-electron chi connectivity index (χ0n) is 11.5. The maximum Gasteiger partial charge on any atom is 0.132 e. The summed E-state index contributed by atoms with van der Waals surface area (Å²) in [5.41, 5.74) is 2.56. The van der Waals surface area contributed by atoms with Crippen molar-refractivity contribution in [1.82, 2.24) is 0 Å². The van der Waals surface area contributed by atoms with E-state index in [1.54, 1.807) is 0 Å². The van der Waals surface area contributed by atoms with E-state index in [1.807, 2.05) is 0 Å². The Hall–Kier alpha value is -1.38. The third kappa shape index (κ3) is 3.31. The molecule has 96 valence electrons. The van der Waals surface area contributed by atoms with Crippen molar-refractivity contribution in [3.05, 3.63) is 54.1 Å². The fourth-order valence-corrected chi connectivity index (χ4v) is 2.01. The number of quaternary nitrogens is 1. The minimum atomic E-state index is 0.380. The average molecular weight is 244 g/mol. The van der Waals surface area contributed by atoms with Crippen molar-refractivity contribution in [3.8, 4) is 0 Å². The van der Waals surface area contributed by atoms with Crippen molar-refractivity contribution < 1.29 is 9.22 Å². The third-order valence-corrected chi connectivity index (χ3v) is 3.27. The van der Waals surface area contributed by atoms with Crippen molar-refractivity contribution in [2.75, 3.05) is 34.4 Å². The van der Waals surface area contributed by atoms with Crippen LogP contribution in [0.3, 0.4) is 0 Å². The molecule has 0 aromatic heterocycles. The van der Waals surface area contributed by atoms with Gasteiger partial charge in [0, 0.05) is 0 Å². The van der Waals surface area contributed by atoms with Crippen molar-refractivity contribution in [1.29, 1.82) is 0 Å². The van der Waals surface area contributed by atoms with Crippen LogP contribution >= 0.6 is 0 Å². The monoisotopic (exact) mass is 244 g/mol. The molecule has 2 nitrogen and oxygen atoms in total. The van der Waals surface area contributed by atoms with Crippen LogP contribution in [0.1, 0.15) is 5.56 Å². The highest BCUT2D eigenvalue weighted by molar-refractivity contribution is 5.74. The van der Waals surface area contributed by atoms with E-state index in [1.165, 1.54) is 11.1 Å². The zero-order valence-corrected chi connectivity index (χ0v) is 11.5. The van der Waals surface area contributed by atoms with Crippen LogP contribution in [0.15, 0.2) is 48.6 Å². The highest BCUT2D eigenvalue weighted by Crippen LogP contribution is 2.20. The van der Waals surface area contributed by atoms with Crippen LogP contribution in [-0.2, 0) is 4.74 Å². The first-order chi connectivity index (χ1) is 8.57. The molecule has 0 radical (unpaired) electrons. The second kappa shape index (κ2) is 5.51. The summed E-state index contributed by atoms with van der Waals surface area (Å²) in [5.74, 6) is 0. The van der Waals surface area contributed by atoms with E-state index < -0.39 is 0 Å². The number of benzene rings is 1. The third-order valence-electron chi connectivity index (χ3n) is 3.27. The number of allylic oxidation sites excluding steroid dienone is 2. The number of hydrogen-bond donors (Lipinski definition) is 0. The van der Waals surface area contributed by atoms with Gasteiger partial charge in [-0.15, -0.1) is 0 Å². The van der Waals surface area contributed by atoms with Gasteiger partial charge in [0.1, 0.15) is 12.6 Å². The van der Waals surface area contributed by atoms with Crippen LogP contribution in [0.2, 0.25) is 0 Å². The molecule has 0 saturated carbocycles. The minimum Gasteiger partial charge on any atom is -0.371 e. The first-order valence-electron chi connectivity index (χ1n) is 6.40. The number of nitrogens with zero attached hydrogens (tertiary/aromatic N) is 1. The van der Waals surface area contributed by atoms with Crippen LogP contribution in [0.5, 0.6) is 0 Å². The van der Waals surface area contributed by atoms with E-state index in [0.717, 1.165) is 11.1 Å². The molecule has 0 saturated heterocycles. The summed E-state index contributed by atoms with van der Waals surface area (Å²) in [4.78, 5) is 0. The lowest BCUT2D eigenvalue weighted by molar-refractivity contribution is -0.889. The highest BCUT2D eigenvalue weighted by atomic mass is 16.5. The second-order valence-electron chi connectivity index (χ2n) is 5.61. The molecule has 2 heteroatoms. The van der Waals surface area contributed by atoms with Crippen molar-refractivity contribution >= 4 is 5.57 Å². The fourth-order valence-electron chi connectivity index (χ4n) is 2.01. The standard InChI is InChI=1S/C16H22NO/c1-17(2,3)16-12-15(10-7-11-18-13-16)14-8-5-4-6-9-14/h4-10,12,16H,11,13H2,1-3H3/q+1/t16-/m1/s1. The van der Waals surface area contributed by atoms with Gasteiger partial charge in [-0.1, -0.05) is 42.5 Å². The van der Waals surface area contributed by atoms with Gasteiger partial charge in [-0.2, -0.15) is 0 Å². The largest absolute Gasteiger partial charge is 0.371 e. The van der Waals surface area contributed by atoms with E-state index in [2.05, 4.69) is 69.7 Å². The Kier molecular flexibility index (Phi) is 4.00. The molecule has 0 unspecified atom stereocenters. The molecule has 0 N–H and O–H groups in total. The quantitative estimate of drug-likeness (QED) is 0.727. The van der Waals surface area contributed by atoms with Gasteiger partial charge < -0.3 is 9.22 Å². The van der Waals surface area contributed by atoms with Crippen molar-refractivity contribution in [3.63, 3.8) is 0 Å². The number of likely N-dealkylation sites (N-methyl/N-ethyl adjacent to an activating group) is 1. The molecule has 1 aliphatic rings. The summed E-state index contributed by atoms with van der Waals surface area (Å²) in [6, 6.07) is 10.9. The lowest BCUT2D eigenvalue weighted by Gasteiger charge is -2.33. The molecule has 1 aromatic rings. The first kappa shape index (κ1) is 13.1. The summed E-state index contributed by atoms with van der Waals surface area (Å²) >= 11 is 0. The fraction of sp³-hybridized carbons (Fsp3) is 0.375. The lowest BCUT2D eigenvalue weighted by atomic mass is 10.0. The predicted octanol–water partition coefficient (Wildman–Crippen LogP) is 2.73. The molecule has 18 heavy (non-hydrogen) atoms. The number of rotatable bonds is 2. The highest BCUT2D eigenvalue weighted by Gasteiger charge is 2.22. The molecule has 1 atom stereocenters. The SMILES string of the molecule is C[N+](C)(C)[C@@H]1C=C(c2ccccc2)C=CCOC1. The Balaban J connectivity index is 2.35. The molecule has 0 spiro atoms. The molecule has 0 fully saturated rings. The summed E-state index contributed by atoms with van der Waals surface area (Å²) in [7, 11) is 6.62. The van der Waals surface area contributed by atoms with Crippen LogP contribution in [-0.4, -0.2) is 44.9 Å². The lowest BCUT2D eigenvalue weighted by Crippen LogP contribution is -2.46. The molecular formula is C16H22NO+. The van der Waals surface area contributed by atoms with Gasteiger partial charge in [0.15, 0.2) is 0 Å². The summed E-state index contributed by atoms with van der Waals surface area (Å²) in [6.45, 7) is 1.46. The van der Waals surface area contributed by atoms with Crippen molar-refractivity contribution in [2.45, 2.75) is 6.04 Å². The van der Waals surface area contributed by atoms with Crippen LogP contribution in [0.4, 0.5) is 0 Å². The molecule has 1 aromatic carbocycles. The molecule has 1 heterocycles. The number of hydrogen-bond acceptors (Lipinski definition) is 1. The second-order valence-corrected chi connectivity index (χ2v) is 5.61. The van der Waals surface area contributed by atoms with Gasteiger partial charge in [0.2, 0.25) is 0 Å². The van der Waals surface area contributed by atoms with Gasteiger partial charge in [0.25, 0.3) is 0 Å². The van der Waals surface area contributed by atoms with Crippen LogP contribution in [0.25, 0.3) is 5.57 Å². The predicted molar refractivity (Wildman–Crippen MR) is 76.2 cm³/mol. The number of ether oxygens (including phenoxy) is 1. The molecule has 2 rings (SSSR count). The molecular weight excluding hydrogens is 222 g/mol. The Morgan fingerprint density at radius 3 is 2.50 bits per heavy atom. The Morgan fingerprint density at radius 1 is 1.11 bits per heavy atom. The normalized spacial score (nSPS) is 21.1. The zero-order chi connectivity index (χ0) is 13.0. The minimum absolute atomic E-state index is 0.380. The topological polar surface area (TPSA) is 9.23 Å². The van der Waals surface area contributed by atoms with Gasteiger partial charge in [0.05, 0.1) is 27.7 Å². The smallest absolute Gasteiger partial charge is 0.132 e. The molecule has 0 aliphatic carbocycles.